The Bertz CT molecular complexity index is 1200. The number of piperazine rings is 1. The van der Waals surface area contributed by atoms with Crippen molar-refractivity contribution in [2.75, 3.05) is 26.2 Å². The molecular weight excluding hydrogens is 459 g/mol. The number of carbonyl (C=O) groups is 2. The van der Waals surface area contributed by atoms with E-state index in [-0.39, 0.29) is 18.2 Å². The summed E-state index contributed by atoms with van der Waals surface area (Å²) in [4.78, 5) is 29.4. The van der Waals surface area contributed by atoms with Crippen LogP contribution in [0.25, 0.3) is 5.69 Å². The van der Waals surface area contributed by atoms with Gasteiger partial charge in [-0.05, 0) is 51.1 Å². The Balaban J connectivity index is 1.41. The molecular formula is C25H26Cl2N4O2. The van der Waals surface area contributed by atoms with Crippen LogP contribution in [0.15, 0.2) is 42.5 Å². The second-order valence-electron chi connectivity index (χ2n) is 8.38. The van der Waals surface area contributed by atoms with Crippen molar-refractivity contribution in [2.45, 2.75) is 27.2 Å². The molecule has 0 bridgehead atoms. The van der Waals surface area contributed by atoms with Gasteiger partial charge < -0.3 is 9.80 Å². The molecule has 2 heterocycles. The van der Waals surface area contributed by atoms with Gasteiger partial charge in [0.2, 0.25) is 5.91 Å². The molecule has 6 nitrogen and oxygen atoms in total. The summed E-state index contributed by atoms with van der Waals surface area (Å²) in [5.74, 6) is 0.0500. The van der Waals surface area contributed by atoms with E-state index in [0.717, 1.165) is 28.2 Å². The maximum atomic E-state index is 13.0. The second kappa shape index (κ2) is 9.57. The van der Waals surface area contributed by atoms with E-state index in [1.165, 1.54) is 0 Å². The smallest absolute Gasteiger partial charge is 0.253 e. The van der Waals surface area contributed by atoms with Crippen molar-refractivity contribution in [2.24, 2.45) is 0 Å². The lowest BCUT2D eigenvalue weighted by Gasteiger charge is -2.35. The van der Waals surface area contributed by atoms with Crippen molar-refractivity contribution in [3.8, 4) is 5.69 Å². The standard InChI is InChI=1S/C25H26Cl2N4O2/c1-16-4-6-19(7-5-16)25(33)30-12-10-29(11-13-30)24(32)15-21-17(2)28-31(18(21)3)20-8-9-22(26)23(27)14-20/h4-9,14H,10-13,15H2,1-3H3. The molecule has 1 saturated heterocycles. The maximum Gasteiger partial charge on any atom is 0.253 e. The normalized spacial score (nSPS) is 14.0. The van der Waals surface area contributed by atoms with Crippen LogP contribution in [0.2, 0.25) is 10.0 Å². The predicted octanol–water partition coefficient (Wildman–Crippen LogP) is 4.63. The van der Waals surface area contributed by atoms with Gasteiger partial charge in [-0.3, -0.25) is 9.59 Å². The molecule has 2 amide bonds. The van der Waals surface area contributed by atoms with Crippen LogP contribution in [0, 0.1) is 20.8 Å². The third kappa shape index (κ3) is 4.92. The Morgan fingerprint density at radius 3 is 2.15 bits per heavy atom. The summed E-state index contributed by atoms with van der Waals surface area (Å²) >= 11 is 12.2. The van der Waals surface area contributed by atoms with Crippen LogP contribution in [0.4, 0.5) is 0 Å². The van der Waals surface area contributed by atoms with Crippen molar-refractivity contribution >= 4 is 35.0 Å². The van der Waals surface area contributed by atoms with Gasteiger partial charge in [0.05, 0.1) is 27.8 Å². The van der Waals surface area contributed by atoms with Crippen molar-refractivity contribution in [3.05, 3.63) is 80.6 Å². The highest BCUT2D eigenvalue weighted by molar-refractivity contribution is 6.42. The molecule has 3 aromatic rings. The number of nitrogens with zero attached hydrogens (tertiary/aromatic N) is 4. The van der Waals surface area contributed by atoms with Crippen LogP contribution in [-0.2, 0) is 11.2 Å². The van der Waals surface area contributed by atoms with Crippen molar-refractivity contribution in [1.29, 1.82) is 0 Å². The largest absolute Gasteiger partial charge is 0.339 e. The lowest BCUT2D eigenvalue weighted by molar-refractivity contribution is -0.131. The Hall–Kier alpha value is -2.83. The summed E-state index contributed by atoms with van der Waals surface area (Å²) in [6.07, 6.45) is 0.269. The molecule has 0 unspecified atom stereocenters. The molecule has 1 aliphatic rings. The lowest BCUT2D eigenvalue weighted by atomic mass is 10.1. The van der Waals surface area contributed by atoms with Gasteiger partial charge in [0.1, 0.15) is 0 Å². The van der Waals surface area contributed by atoms with Crippen LogP contribution in [0.3, 0.4) is 0 Å². The topological polar surface area (TPSA) is 58.4 Å². The van der Waals surface area contributed by atoms with Crippen molar-refractivity contribution < 1.29 is 9.59 Å². The van der Waals surface area contributed by atoms with Crippen molar-refractivity contribution in [1.82, 2.24) is 19.6 Å². The number of hydrogen-bond donors (Lipinski definition) is 0. The van der Waals surface area contributed by atoms with E-state index < -0.39 is 0 Å². The molecule has 33 heavy (non-hydrogen) atoms. The van der Waals surface area contributed by atoms with E-state index in [1.807, 2.05) is 60.9 Å². The molecule has 4 rings (SSSR count). The zero-order valence-electron chi connectivity index (χ0n) is 18.9. The summed E-state index contributed by atoms with van der Waals surface area (Å²) < 4.78 is 1.79. The van der Waals surface area contributed by atoms with Gasteiger partial charge in [-0.15, -0.1) is 0 Å². The average Bonchev–Trinajstić information content (AvgIpc) is 3.09. The molecule has 0 N–H and O–H groups in total. The van der Waals surface area contributed by atoms with Gasteiger partial charge in [-0.25, -0.2) is 4.68 Å². The number of aromatic nitrogens is 2. The molecule has 0 atom stereocenters. The van der Waals surface area contributed by atoms with E-state index in [2.05, 4.69) is 5.10 Å². The van der Waals surface area contributed by atoms with Crippen molar-refractivity contribution in [3.63, 3.8) is 0 Å². The number of halogens is 2. The average molecular weight is 485 g/mol. The molecule has 1 aliphatic heterocycles. The number of amides is 2. The summed E-state index contributed by atoms with van der Waals surface area (Å²) in [5, 5.41) is 5.56. The Labute approximate surface area is 203 Å². The minimum absolute atomic E-state index is 0.0108. The fraction of sp³-hybridized carbons (Fsp3) is 0.320. The van der Waals surface area contributed by atoms with Gasteiger partial charge in [0.25, 0.3) is 5.91 Å². The van der Waals surface area contributed by atoms with Gasteiger partial charge in [-0.2, -0.15) is 5.10 Å². The summed E-state index contributed by atoms with van der Waals surface area (Å²) in [6, 6.07) is 12.9. The third-order valence-corrected chi connectivity index (χ3v) is 6.87. The highest BCUT2D eigenvalue weighted by Crippen LogP contribution is 2.26. The fourth-order valence-electron chi connectivity index (χ4n) is 4.10. The third-order valence-electron chi connectivity index (χ3n) is 6.14. The number of benzene rings is 2. The number of carbonyl (C=O) groups excluding carboxylic acids is 2. The quantitative estimate of drug-likeness (QED) is 0.542. The molecule has 8 heteroatoms. The number of hydrogen-bond acceptors (Lipinski definition) is 3. The van der Waals surface area contributed by atoms with Gasteiger partial charge in [0, 0.05) is 43.0 Å². The molecule has 0 saturated carbocycles. The summed E-state index contributed by atoms with van der Waals surface area (Å²) in [5.41, 5.74) is 5.21. The van der Waals surface area contributed by atoms with Crippen LogP contribution >= 0.6 is 23.2 Å². The lowest BCUT2D eigenvalue weighted by Crippen LogP contribution is -2.51. The van der Waals surface area contributed by atoms with Gasteiger partial charge in [-0.1, -0.05) is 40.9 Å². The first kappa shape index (κ1) is 23.3. The van der Waals surface area contributed by atoms with Crippen LogP contribution in [0.5, 0.6) is 0 Å². The second-order valence-corrected chi connectivity index (χ2v) is 9.19. The number of aryl methyl sites for hydroxylation is 2. The zero-order valence-corrected chi connectivity index (χ0v) is 20.5. The molecule has 0 radical (unpaired) electrons. The minimum Gasteiger partial charge on any atom is -0.339 e. The van der Waals surface area contributed by atoms with Crippen LogP contribution < -0.4 is 0 Å². The minimum atomic E-state index is 0.0108. The fourth-order valence-corrected chi connectivity index (χ4v) is 4.39. The SMILES string of the molecule is Cc1ccc(C(=O)N2CCN(C(=O)Cc3c(C)nn(-c4ccc(Cl)c(Cl)c4)c3C)CC2)cc1. The monoisotopic (exact) mass is 484 g/mol. The highest BCUT2D eigenvalue weighted by Gasteiger charge is 2.26. The van der Waals surface area contributed by atoms with E-state index in [9.17, 15) is 9.59 Å². The predicted molar refractivity (Wildman–Crippen MR) is 130 cm³/mol. The molecule has 1 fully saturated rings. The first-order valence-corrected chi connectivity index (χ1v) is 11.6. The van der Waals surface area contributed by atoms with E-state index >= 15 is 0 Å². The highest BCUT2D eigenvalue weighted by atomic mass is 35.5. The first-order chi connectivity index (χ1) is 15.7. The van der Waals surface area contributed by atoms with E-state index in [0.29, 0.717) is 41.8 Å². The number of rotatable bonds is 4. The Morgan fingerprint density at radius 1 is 0.879 bits per heavy atom. The van der Waals surface area contributed by atoms with E-state index in [4.69, 9.17) is 23.2 Å². The van der Waals surface area contributed by atoms with Crippen LogP contribution in [-0.4, -0.2) is 57.6 Å². The molecule has 1 aromatic heterocycles. The summed E-state index contributed by atoms with van der Waals surface area (Å²) in [7, 11) is 0. The maximum absolute atomic E-state index is 13.0. The molecule has 0 spiro atoms. The molecule has 2 aromatic carbocycles. The van der Waals surface area contributed by atoms with Gasteiger partial charge in [0.15, 0.2) is 0 Å². The Kier molecular flexibility index (Phi) is 6.77. The summed E-state index contributed by atoms with van der Waals surface area (Å²) in [6.45, 7) is 7.95. The Morgan fingerprint density at radius 2 is 1.52 bits per heavy atom. The molecule has 172 valence electrons. The van der Waals surface area contributed by atoms with Gasteiger partial charge >= 0.3 is 0 Å². The first-order valence-electron chi connectivity index (χ1n) is 10.9. The zero-order chi connectivity index (χ0) is 23.7. The molecule has 0 aliphatic carbocycles. The van der Waals surface area contributed by atoms with Crippen LogP contribution in [0.1, 0.15) is 32.9 Å². The van der Waals surface area contributed by atoms with E-state index in [1.54, 1.807) is 16.8 Å².